The maximum atomic E-state index is 12.1. The van der Waals surface area contributed by atoms with Crippen molar-refractivity contribution < 1.29 is 14.7 Å². The molecule has 1 N–H and O–H groups in total. The minimum absolute atomic E-state index is 0.269. The van der Waals surface area contributed by atoms with E-state index < -0.39 is 11.4 Å². The van der Waals surface area contributed by atoms with Gasteiger partial charge in [0, 0.05) is 13.1 Å². The zero-order chi connectivity index (χ0) is 12.3. The summed E-state index contributed by atoms with van der Waals surface area (Å²) in [5, 5.41) is 9.01. The highest BCUT2D eigenvalue weighted by Gasteiger charge is 2.39. The van der Waals surface area contributed by atoms with Gasteiger partial charge in [0.1, 0.15) is 5.41 Å². The number of rotatable bonds is 5. The van der Waals surface area contributed by atoms with Gasteiger partial charge >= 0.3 is 5.97 Å². The fourth-order valence-electron chi connectivity index (χ4n) is 1.83. The van der Waals surface area contributed by atoms with Crippen LogP contribution in [0, 0.1) is 11.3 Å². The third kappa shape index (κ3) is 2.54. The Bertz CT molecular complexity index is 282. The molecule has 1 amide bonds. The summed E-state index contributed by atoms with van der Waals surface area (Å²) in [6.07, 6.45) is 3.56. The summed E-state index contributed by atoms with van der Waals surface area (Å²) in [5.41, 5.74) is -1.31. The summed E-state index contributed by atoms with van der Waals surface area (Å²) in [4.78, 5) is 24.7. The van der Waals surface area contributed by atoms with E-state index in [4.69, 9.17) is 5.11 Å². The van der Waals surface area contributed by atoms with E-state index in [1.54, 1.807) is 4.90 Å². The van der Waals surface area contributed by atoms with Crippen LogP contribution >= 0.6 is 0 Å². The van der Waals surface area contributed by atoms with E-state index in [9.17, 15) is 9.59 Å². The van der Waals surface area contributed by atoms with Gasteiger partial charge in [-0.15, -0.1) is 0 Å². The van der Waals surface area contributed by atoms with Crippen LogP contribution in [0.25, 0.3) is 0 Å². The van der Waals surface area contributed by atoms with E-state index in [1.807, 2.05) is 6.92 Å². The first-order valence-electron chi connectivity index (χ1n) is 5.92. The Hall–Kier alpha value is -1.06. The van der Waals surface area contributed by atoms with Crippen molar-refractivity contribution in [2.75, 3.05) is 13.1 Å². The lowest BCUT2D eigenvalue weighted by Crippen LogP contribution is -2.47. The van der Waals surface area contributed by atoms with Crippen molar-refractivity contribution in [2.45, 2.75) is 40.0 Å². The molecule has 1 rings (SSSR count). The molecule has 0 unspecified atom stereocenters. The molecule has 0 aliphatic heterocycles. The molecule has 4 heteroatoms. The highest BCUT2D eigenvalue weighted by Crippen LogP contribution is 2.28. The zero-order valence-electron chi connectivity index (χ0n) is 10.3. The molecule has 0 heterocycles. The first-order chi connectivity index (χ1) is 7.39. The first-order valence-corrected chi connectivity index (χ1v) is 5.92. The lowest BCUT2D eigenvalue weighted by Gasteiger charge is -2.34. The second-order valence-electron chi connectivity index (χ2n) is 5.07. The highest BCUT2D eigenvalue weighted by molar-refractivity contribution is 6.00. The smallest absolute Gasteiger partial charge is 0.318 e. The van der Waals surface area contributed by atoms with Crippen molar-refractivity contribution in [3.8, 4) is 0 Å². The molecule has 16 heavy (non-hydrogen) atoms. The minimum atomic E-state index is -1.31. The Morgan fingerprint density at radius 3 is 2.25 bits per heavy atom. The molecular weight excluding hydrogens is 206 g/mol. The molecule has 0 aromatic rings. The number of aliphatic carboxylic acids is 1. The van der Waals surface area contributed by atoms with E-state index in [0.29, 0.717) is 19.0 Å². The molecular formula is C12H21NO3. The summed E-state index contributed by atoms with van der Waals surface area (Å²) in [6, 6.07) is 0. The third-order valence-corrected chi connectivity index (χ3v) is 3.44. The third-order valence-electron chi connectivity index (χ3n) is 3.44. The number of carbonyl (C=O) groups excluding carboxylic acids is 1. The van der Waals surface area contributed by atoms with Gasteiger partial charge in [-0.1, -0.05) is 6.42 Å². The summed E-state index contributed by atoms with van der Waals surface area (Å²) in [5.74, 6) is -0.743. The van der Waals surface area contributed by atoms with Crippen LogP contribution < -0.4 is 0 Å². The van der Waals surface area contributed by atoms with Crippen molar-refractivity contribution in [2.24, 2.45) is 11.3 Å². The second-order valence-corrected chi connectivity index (χ2v) is 5.07. The van der Waals surface area contributed by atoms with Gasteiger partial charge in [0.15, 0.2) is 0 Å². The number of hydrogen-bond acceptors (Lipinski definition) is 2. The Kier molecular flexibility index (Phi) is 3.94. The SMILES string of the molecule is CCN(CC1CCC1)C(=O)C(C)(C)C(=O)O. The van der Waals surface area contributed by atoms with Gasteiger partial charge in [0.25, 0.3) is 0 Å². The molecule has 0 aromatic heterocycles. The fourth-order valence-corrected chi connectivity index (χ4v) is 1.83. The molecule has 0 spiro atoms. The molecule has 1 aliphatic carbocycles. The number of amides is 1. The first kappa shape index (κ1) is 13.0. The van der Waals surface area contributed by atoms with E-state index >= 15 is 0 Å². The number of nitrogens with zero attached hydrogens (tertiary/aromatic N) is 1. The van der Waals surface area contributed by atoms with Crippen LogP contribution in [0.4, 0.5) is 0 Å². The Balaban J connectivity index is 2.64. The van der Waals surface area contributed by atoms with E-state index in [1.165, 1.54) is 20.3 Å². The maximum absolute atomic E-state index is 12.1. The number of hydrogen-bond donors (Lipinski definition) is 1. The van der Waals surface area contributed by atoms with Gasteiger partial charge in [0.05, 0.1) is 0 Å². The van der Waals surface area contributed by atoms with E-state index in [2.05, 4.69) is 0 Å². The van der Waals surface area contributed by atoms with Crippen molar-refractivity contribution >= 4 is 11.9 Å². The van der Waals surface area contributed by atoms with Crippen LogP contribution in [0.5, 0.6) is 0 Å². The monoisotopic (exact) mass is 227 g/mol. The number of carbonyl (C=O) groups is 2. The van der Waals surface area contributed by atoms with Gasteiger partial charge in [-0.2, -0.15) is 0 Å². The van der Waals surface area contributed by atoms with Crippen molar-refractivity contribution in [1.29, 1.82) is 0 Å². The van der Waals surface area contributed by atoms with Crippen LogP contribution in [0.2, 0.25) is 0 Å². The topological polar surface area (TPSA) is 57.6 Å². The summed E-state index contributed by atoms with van der Waals surface area (Å²) >= 11 is 0. The predicted molar refractivity (Wildman–Crippen MR) is 61.0 cm³/mol. The molecule has 0 aromatic carbocycles. The van der Waals surface area contributed by atoms with Crippen molar-refractivity contribution in [1.82, 2.24) is 4.90 Å². The molecule has 0 atom stereocenters. The van der Waals surface area contributed by atoms with Crippen LogP contribution in [0.15, 0.2) is 0 Å². The zero-order valence-corrected chi connectivity index (χ0v) is 10.3. The molecule has 1 saturated carbocycles. The Labute approximate surface area is 96.6 Å². The van der Waals surface area contributed by atoms with Gasteiger partial charge in [-0.05, 0) is 39.5 Å². The number of carboxylic acids is 1. The lowest BCUT2D eigenvalue weighted by atomic mass is 9.84. The maximum Gasteiger partial charge on any atom is 0.318 e. The molecule has 0 saturated heterocycles. The molecule has 1 aliphatic rings. The molecule has 1 fully saturated rings. The summed E-state index contributed by atoms with van der Waals surface area (Å²) in [7, 11) is 0. The van der Waals surface area contributed by atoms with E-state index in [-0.39, 0.29) is 5.91 Å². The van der Waals surface area contributed by atoms with Crippen LogP contribution in [-0.2, 0) is 9.59 Å². The fraction of sp³-hybridized carbons (Fsp3) is 0.833. The normalized spacial score (nSPS) is 16.7. The molecule has 92 valence electrons. The standard InChI is InChI=1S/C12H21NO3/c1-4-13(8-9-6-5-7-9)10(14)12(2,3)11(15)16/h9H,4-8H2,1-3H3,(H,15,16). The van der Waals surface area contributed by atoms with Crippen molar-refractivity contribution in [3.63, 3.8) is 0 Å². The Morgan fingerprint density at radius 2 is 1.94 bits per heavy atom. The minimum Gasteiger partial charge on any atom is -0.480 e. The number of carboxylic acid groups (broad SMARTS) is 1. The average molecular weight is 227 g/mol. The lowest BCUT2D eigenvalue weighted by molar-refractivity contribution is -0.158. The van der Waals surface area contributed by atoms with Gasteiger partial charge in [-0.25, -0.2) is 0 Å². The van der Waals surface area contributed by atoms with E-state index in [0.717, 1.165) is 12.8 Å². The quantitative estimate of drug-likeness (QED) is 0.728. The molecule has 4 nitrogen and oxygen atoms in total. The van der Waals surface area contributed by atoms with Crippen LogP contribution in [0.3, 0.4) is 0 Å². The largest absolute Gasteiger partial charge is 0.480 e. The summed E-state index contributed by atoms with van der Waals surface area (Å²) < 4.78 is 0. The van der Waals surface area contributed by atoms with Gasteiger partial charge in [-0.3, -0.25) is 9.59 Å². The molecule has 0 bridgehead atoms. The predicted octanol–water partition coefficient (Wildman–Crippen LogP) is 1.75. The Morgan fingerprint density at radius 1 is 1.38 bits per heavy atom. The van der Waals surface area contributed by atoms with Crippen LogP contribution in [0.1, 0.15) is 40.0 Å². The second kappa shape index (κ2) is 4.85. The van der Waals surface area contributed by atoms with Gasteiger partial charge < -0.3 is 10.0 Å². The van der Waals surface area contributed by atoms with Gasteiger partial charge in [0.2, 0.25) is 5.91 Å². The van der Waals surface area contributed by atoms with Crippen LogP contribution in [-0.4, -0.2) is 35.0 Å². The van der Waals surface area contributed by atoms with Crippen molar-refractivity contribution in [3.05, 3.63) is 0 Å². The highest BCUT2D eigenvalue weighted by atomic mass is 16.4. The summed E-state index contributed by atoms with van der Waals surface area (Å²) in [6.45, 7) is 6.15. The molecule has 0 radical (unpaired) electrons. The average Bonchev–Trinajstić information content (AvgIpc) is 2.15.